The van der Waals surface area contributed by atoms with Gasteiger partial charge in [0.2, 0.25) is 0 Å². The molecule has 0 amide bonds. The Kier molecular flexibility index (Phi) is 5.71. The molecule has 0 bridgehead atoms. The second-order valence-electron chi connectivity index (χ2n) is 8.24. The lowest BCUT2D eigenvalue weighted by Gasteiger charge is -2.28. The number of hydrogen-bond donors (Lipinski definition) is 1. The van der Waals surface area contributed by atoms with E-state index in [0.717, 1.165) is 11.4 Å². The summed E-state index contributed by atoms with van der Waals surface area (Å²) < 4.78 is 28.5. The lowest BCUT2D eigenvalue weighted by molar-refractivity contribution is 0.254. The summed E-state index contributed by atoms with van der Waals surface area (Å²) in [6, 6.07) is 12.9. The molecule has 1 unspecified atom stereocenters. The van der Waals surface area contributed by atoms with Gasteiger partial charge in [0.05, 0.1) is 43.0 Å². The highest BCUT2D eigenvalue weighted by atomic mass is 19.1. The molecule has 176 valence electrons. The number of pyridine rings is 1. The number of rotatable bonds is 5. The first kappa shape index (κ1) is 22.2. The number of imidazole rings is 1. The normalized spacial score (nSPS) is 14.5. The fraction of sp³-hybridized carbons (Fsp3) is 0.192. The van der Waals surface area contributed by atoms with Gasteiger partial charge in [-0.3, -0.25) is 4.79 Å². The van der Waals surface area contributed by atoms with Gasteiger partial charge >= 0.3 is 0 Å². The third-order valence-corrected chi connectivity index (χ3v) is 5.94. The Balaban J connectivity index is 1.54. The van der Waals surface area contributed by atoms with Crippen molar-refractivity contribution >= 4 is 11.4 Å². The molecule has 1 atom stereocenters. The van der Waals surface area contributed by atoms with Gasteiger partial charge < -0.3 is 23.9 Å². The molecule has 0 fully saturated rings. The Labute approximate surface area is 200 Å². The number of methoxy groups -OCH3 is 1. The molecule has 1 aliphatic rings. The van der Waals surface area contributed by atoms with Crippen LogP contribution in [-0.4, -0.2) is 27.8 Å². The molecule has 0 saturated heterocycles. The minimum absolute atomic E-state index is 0.224. The highest BCUT2D eigenvalue weighted by Gasteiger charge is 2.25. The molecule has 5 rings (SSSR count). The van der Waals surface area contributed by atoms with Crippen molar-refractivity contribution in [3.63, 3.8) is 0 Å². The highest BCUT2D eigenvalue weighted by molar-refractivity contribution is 5.65. The van der Waals surface area contributed by atoms with Crippen LogP contribution in [-0.2, 0) is 0 Å². The number of aromatic nitrogens is 3. The number of fused-ring (bicyclic) bond motifs is 1. The molecule has 1 aliphatic heterocycles. The summed E-state index contributed by atoms with van der Waals surface area (Å²) in [6.45, 7) is 2.28. The van der Waals surface area contributed by atoms with E-state index >= 15 is 0 Å². The molecule has 1 N–H and O–H groups in total. The van der Waals surface area contributed by atoms with Gasteiger partial charge in [-0.05, 0) is 43.3 Å². The molecule has 2 aromatic carbocycles. The minimum Gasteiger partial charge on any atom is -0.494 e. The van der Waals surface area contributed by atoms with Crippen LogP contribution >= 0.6 is 0 Å². The number of nitriles is 1. The lowest BCUT2D eigenvalue weighted by Crippen LogP contribution is -2.30. The summed E-state index contributed by atoms with van der Waals surface area (Å²) in [5.74, 6) is 0.696. The van der Waals surface area contributed by atoms with E-state index in [9.17, 15) is 14.4 Å². The summed E-state index contributed by atoms with van der Waals surface area (Å²) in [4.78, 5) is 17.7. The number of aryl methyl sites for hydroxylation is 1. The second kappa shape index (κ2) is 8.99. The fourth-order valence-electron chi connectivity index (χ4n) is 4.30. The van der Waals surface area contributed by atoms with Crippen LogP contribution in [0, 0.1) is 24.1 Å². The zero-order valence-corrected chi connectivity index (χ0v) is 19.2. The topological polar surface area (TPSA) is 94.1 Å². The fourth-order valence-corrected chi connectivity index (χ4v) is 4.30. The molecule has 0 spiro atoms. The van der Waals surface area contributed by atoms with E-state index in [-0.39, 0.29) is 11.2 Å². The molecule has 0 saturated carbocycles. The number of benzene rings is 2. The minimum atomic E-state index is -0.461. The zero-order valence-electron chi connectivity index (χ0n) is 19.2. The molecule has 4 aromatic rings. The number of nitrogens with one attached hydrogen (secondary N) is 1. The Morgan fingerprint density at radius 1 is 1.23 bits per heavy atom. The maximum Gasteiger partial charge on any atom is 0.274 e. The molecule has 35 heavy (non-hydrogen) atoms. The smallest absolute Gasteiger partial charge is 0.274 e. The largest absolute Gasteiger partial charge is 0.494 e. The molecular formula is C26H22FN5O3. The number of halogens is 1. The third kappa shape index (κ3) is 4.22. The monoisotopic (exact) mass is 471 g/mol. The standard InChI is InChI=1S/C26H22FN5O3/c1-16-13-31(15-29-16)23-5-4-19(11-25(23)34-2)30-21-9-17(12-28)14-32(26(21)33)22-7-8-35-24-6-3-18(27)10-20(22)24/h3-6,9-11,13-15,22,30H,7-8H2,1-2H3. The van der Waals surface area contributed by atoms with Gasteiger partial charge in [0.15, 0.2) is 0 Å². The first-order valence-electron chi connectivity index (χ1n) is 11.0. The Bertz CT molecular complexity index is 1520. The average Bonchev–Trinajstić information content (AvgIpc) is 3.30. The molecule has 3 heterocycles. The van der Waals surface area contributed by atoms with E-state index in [1.807, 2.05) is 29.8 Å². The maximum atomic E-state index is 14.0. The van der Waals surface area contributed by atoms with Crippen molar-refractivity contribution in [1.82, 2.24) is 14.1 Å². The van der Waals surface area contributed by atoms with E-state index in [0.29, 0.717) is 41.3 Å². The van der Waals surface area contributed by atoms with E-state index in [2.05, 4.69) is 16.4 Å². The molecule has 2 aromatic heterocycles. The quantitative estimate of drug-likeness (QED) is 0.461. The Morgan fingerprint density at radius 3 is 2.83 bits per heavy atom. The average molecular weight is 471 g/mol. The van der Waals surface area contributed by atoms with Gasteiger partial charge in [-0.25, -0.2) is 9.37 Å². The lowest BCUT2D eigenvalue weighted by atomic mass is 9.99. The summed E-state index contributed by atoms with van der Waals surface area (Å²) >= 11 is 0. The van der Waals surface area contributed by atoms with Crippen molar-refractivity contribution in [2.45, 2.75) is 19.4 Å². The van der Waals surface area contributed by atoms with Crippen LogP contribution in [0.1, 0.15) is 29.3 Å². The predicted molar refractivity (Wildman–Crippen MR) is 128 cm³/mol. The van der Waals surface area contributed by atoms with Crippen LogP contribution in [0.15, 0.2) is 66.0 Å². The Morgan fingerprint density at radius 2 is 2.09 bits per heavy atom. The molecule has 0 radical (unpaired) electrons. The highest BCUT2D eigenvalue weighted by Crippen LogP contribution is 2.35. The maximum absolute atomic E-state index is 14.0. The molecule has 9 heteroatoms. The summed E-state index contributed by atoms with van der Waals surface area (Å²) in [7, 11) is 1.57. The van der Waals surface area contributed by atoms with Crippen LogP contribution in [0.3, 0.4) is 0 Å². The summed E-state index contributed by atoms with van der Waals surface area (Å²) in [5.41, 5.74) is 3.04. The first-order valence-corrected chi connectivity index (χ1v) is 11.0. The predicted octanol–water partition coefficient (Wildman–Crippen LogP) is 4.48. The van der Waals surface area contributed by atoms with Crippen molar-refractivity contribution in [2.24, 2.45) is 0 Å². The van der Waals surface area contributed by atoms with Gasteiger partial charge in [0, 0.05) is 36.1 Å². The first-order chi connectivity index (χ1) is 17.0. The van der Waals surface area contributed by atoms with Crippen LogP contribution in [0.5, 0.6) is 11.5 Å². The number of nitrogens with zero attached hydrogens (tertiary/aromatic N) is 4. The van der Waals surface area contributed by atoms with E-state index < -0.39 is 11.9 Å². The Hall–Kier alpha value is -4.58. The van der Waals surface area contributed by atoms with Crippen molar-refractivity contribution in [3.05, 3.63) is 94.2 Å². The summed E-state index contributed by atoms with van der Waals surface area (Å²) in [6.07, 6.45) is 5.55. The van der Waals surface area contributed by atoms with Crippen LogP contribution < -0.4 is 20.3 Å². The third-order valence-electron chi connectivity index (χ3n) is 5.94. The van der Waals surface area contributed by atoms with Crippen LogP contribution in [0.2, 0.25) is 0 Å². The van der Waals surface area contributed by atoms with Gasteiger partial charge in [0.1, 0.15) is 29.1 Å². The van der Waals surface area contributed by atoms with E-state index in [4.69, 9.17) is 9.47 Å². The SMILES string of the molecule is COc1cc(Nc2cc(C#N)cn(C3CCOc4ccc(F)cc43)c2=O)ccc1-n1cnc(C)c1. The van der Waals surface area contributed by atoms with Crippen molar-refractivity contribution in [2.75, 3.05) is 19.0 Å². The van der Waals surface area contributed by atoms with Crippen molar-refractivity contribution in [3.8, 4) is 23.3 Å². The number of anilines is 2. The molecular weight excluding hydrogens is 449 g/mol. The van der Waals surface area contributed by atoms with E-state index in [1.54, 1.807) is 25.6 Å². The van der Waals surface area contributed by atoms with Gasteiger partial charge in [-0.2, -0.15) is 5.26 Å². The van der Waals surface area contributed by atoms with Crippen molar-refractivity contribution < 1.29 is 13.9 Å². The van der Waals surface area contributed by atoms with Crippen LogP contribution in [0.25, 0.3) is 5.69 Å². The summed E-state index contributed by atoms with van der Waals surface area (Å²) in [5, 5.41) is 12.7. The molecule has 0 aliphatic carbocycles. The number of ether oxygens (including phenoxy) is 2. The van der Waals surface area contributed by atoms with Crippen molar-refractivity contribution in [1.29, 1.82) is 5.26 Å². The van der Waals surface area contributed by atoms with Gasteiger partial charge in [-0.15, -0.1) is 0 Å². The van der Waals surface area contributed by atoms with Gasteiger partial charge in [0.25, 0.3) is 5.56 Å². The van der Waals surface area contributed by atoms with E-state index in [1.165, 1.54) is 29.0 Å². The number of hydrogen-bond acceptors (Lipinski definition) is 6. The zero-order chi connectivity index (χ0) is 24.5. The van der Waals surface area contributed by atoms with Crippen LogP contribution in [0.4, 0.5) is 15.8 Å². The second-order valence-corrected chi connectivity index (χ2v) is 8.24. The van der Waals surface area contributed by atoms with Gasteiger partial charge in [-0.1, -0.05) is 0 Å². The molecule has 8 nitrogen and oxygen atoms in total.